The standard InChI is InChI=1S/C21H24FNO2/c1-14-8-10-16-18(13-21(2,3)25-19(16)12-14)23-20(24)11-9-15-6-4-5-7-17(15)22/h4-8,10,12,18H,9,11,13H2,1-3H3,(H,23,24)/t18-/m1/s1. The van der Waals surface area contributed by atoms with Crippen molar-refractivity contribution in [2.45, 2.75) is 51.7 Å². The third-order valence-electron chi connectivity index (χ3n) is 4.54. The average Bonchev–Trinajstić information content (AvgIpc) is 2.52. The van der Waals surface area contributed by atoms with E-state index >= 15 is 0 Å². The predicted octanol–water partition coefficient (Wildman–Crippen LogP) is 4.49. The molecule has 0 saturated carbocycles. The van der Waals surface area contributed by atoms with Crippen LogP contribution in [-0.4, -0.2) is 11.5 Å². The van der Waals surface area contributed by atoms with E-state index in [-0.39, 0.29) is 29.8 Å². The van der Waals surface area contributed by atoms with Crippen LogP contribution in [0.5, 0.6) is 5.75 Å². The molecule has 0 unspecified atom stereocenters. The van der Waals surface area contributed by atoms with Crippen LogP contribution in [0.2, 0.25) is 0 Å². The van der Waals surface area contributed by atoms with E-state index in [0.717, 1.165) is 16.9 Å². The van der Waals surface area contributed by atoms with Crippen LogP contribution in [0.1, 0.15) is 49.4 Å². The molecule has 1 amide bonds. The van der Waals surface area contributed by atoms with Crippen molar-refractivity contribution in [2.75, 3.05) is 0 Å². The van der Waals surface area contributed by atoms with Gasteiger partial charge in [-0.15, -0.1) is 0 Å². The lowest BCUT2D eigenvalue weighted by Crippen LogP contribution is -2.41. The van der Waals surface area contributed by atoms with Crippen LogP contribution < -0.4 is 10.1 Å². The molecule has 132 valence electrons. The Morgan fingerprint density at radius 3 is 2.80 bits per heavy atom. The fourth-order valence-electron chi connectivity index (χ4n) is 3.30. The molecule has 0 radical (unpaired) electrons. The summed E-state index contributed by atoms with van der Waals surface area (Å²) >= 11 is 0. The number of carbonyl (C=O) groups is 1. The number of hydrogen-bond acceptors (Lipinski definition) is 2. The maximum absolute atomic E-state index is 13.7. The number of hydrogen-bond donors (Lipinski definition) is 1. The average molecular weight is 341 g/mol. The van der Waals surface area contributed by atoms with E-state index in [1.807, 2.05) is 39.0 Å². The van der Waals surface area contributed by atoms with Gasteiger partial charge in [-0.1, -0.05) is 30.3 Å². The van der Waals surface area contributed by atoms with Gasteiger partial charge in [-0.2, -0.15) is 0 Å². The second-order valence-electron chi connectivity index (χ2n) is 7.32. The summed E-state index contributed by atoms with van der Waals surface area (Å²) in [6, 6.07) is 12.5. The number of ether oxygens (including phenoxy) is 1. The summed E-state index contributed by atoms with van der Waals surface area (Å²) in [4.78, 5) is 12.4. The topological polar surface area (TPSA) is 38.3 Å². The van der Waals surface area contributed by atoms with Crippen LogP contribution >= 0.6 is 0 Å². The van der Waals surface area contributed by atoms with E-state index in [1.54, 1.807) is 18.2 Å². The Bertz CT molecular complexity index is 785. The molecule has 0 saturated heterocycles. The van der Waals surface area contributed by atoms with Crippen LogP contribution in [0.3, 0.4) is 0 Å². The van der Waals surface area contributed by atoms with Crippen molar-refractivity contribution in [3.8, 4) is 5.75 Å². The van der Waals surface area contributed by atoms with E-state index in [4.69, 9.17) is 4.74 Å². The number of halogens is 1. The number of rotatable bonds is 4. The van der Waals surface area contributed by atoms with Gasteiger partial charge in [-0.25, -0.2) is 4.39 Å². The smallest absolute Gasteiger partial charge is 0.220 e. The Kier molecular flexibility index (Phi) is 4.80. The molecule has 0 bridgehead atoms. The molecule has 0 aromatic heterocycles. The lowest BCUT2D eigenvalue weighted by molar-refractivity contribution is -0.122. The molecule has 4 heteroatoms. The van der Waals surface area contributed by atoms with Gasteiger partial charge in [0.1, 0.15) is 17.2 Å². The van der Waals surface area contributed by atoms with Gasteiger partial charge in [0, 0.05) is 18.4 Å². The first-order chi connectivity index (χ1) is 11.8. The Morgan fingerprint density at radius 1 is 1.28 bits per heavy atom. The van der Waals surface area contributed by atoms with Crippen molar-refractivity contribution in [2.24, 2.45) is 0 Å². The fourth-order valence-corrected chi connectivity index (χ4v) is 3.30. The van der Waals surface area contributed by atoms with Gasteiger partial charge in [0.15, 0.2) is 0 Å². The second kappa shape index (κ2) is 6.87. The molecule has 2 aromatic rings. The van der Waals surface area contributed by atoms with Gasteiger partial charge in [-0.3, -0.25) is 4.79 Å². The van der Waals surface area contributed by atoms with Crippen molar-refractivity contribution in [3.05, 3.63) is 65.0 Å². The molecule has 2 aromatic carbocycles. The molecule has 25 heavy (non-hydrogen) atoms. The molecule has 0 aliphatic carbocycles. The van der Waals surface area contributed by atoms with Crippen molar-refractivity contribution in [3.63, 3.8) is 0 Å². The molecule has 3 rings (SSSR count). The van der Waals surface area contributed by atoms with Crippen LogP contribution in [-0.2, 0) is 11.2 Å². The summed E-state index contributed by atoms with van der Waals surface area (Å²) in [5.74, 6) is 0.497. The van der Waals surface area contributed by atoms with E-state index in [2.05, 4.69) is 5.32 Å². The van der Waals surface area contributed by atoms with E-state index < -0.39 is 0 Å². The first kappa shape index (κ1) is 17.5. The van der Waals surface area contributed by atoms with Crippen molar-refractivity contribution in [1.82, 2.24) is 5.32 Å². The van der Waals surface area contributed by atoms with E-state index in [9.17, 15) is 9.18 Å². The van der Waals surface area contributed by atoms with Gasteiger partial charge < -0.3 is 10.1 Å². The maximum Gasteiger partial charge on any atom is 0.220 e. The Labute approximate surface area is 148 Å². The van der Waals surface area contributed by atoms with Gasteiger partial charge >= 0.3 is 0 Å². The third-order valence-corrected chi connectivity index (χ3v) is 4.54. The molecular formula is C21H24FNO2. The monoisotopic (exact) mass is 341 g/mol. The highest BCUT2D eigenvalue weighted by molar-refractivity contribution is 5.77. The highest BCUT2D eigenvalue weighted by Gasteiger charge is 2.34. The van der Waals surface area contributed by atoms with Crippen LogP contribution in [0.25, 0.3) is 0 Å². The molecule has 1 atom stereocenters. The molecular weight excluding hydrogens is 317 g/mol. The zero-order valence-electron chi connectivity index (χ0n) is 14.9. The number of nitrogens with one attached hydrogen (secondary N) is 1. The molecule has 0 fully saturated rings. The number of carbonyl (C=O) groups excluding carboxylic acids is 1. The van der Waals surface area contributed by atoms with Gasteiger partial charge in [-0.05, 0) is 50.5 Å². The quantitative estimate of drug-likeness (QED) is 0.890. The zero-order valence-corrected chi connectivity index (χ0v) is 14.9. The molecule has 0 spiro atoms. The molecule has 1 N–H and O–H groups in total. The minimum Gasteiger partial charge on any atom is -0.487 e. The lowest BCUT2D eigenvalue weighted by Gasteiger charge is -2.38. The van der Waals surface area contributed by atoms with Crippen LogP contribution in [0.4, 0.5) is 4.39 Å². The van der Waals surface area contributed by atoms with Gasteiger partial charge in [0.05, 0.1) is 6.04 Å². The van der Waals surface area contributed by atoms with Gasteiger partial charge in [0.25, 0.3) is 0 Å². The highest BCUT2D eigenvalue weighted by Crippen LogP contribution is 2.39. The summed E-state index contributed by atoms with van der Waals surface area (Å²) in [5, 5.41) is 3.10. The summed E-state index contributed by atoms with van der Waals surface area (Å²) in [7, 11) is 0. The van der Waals surface area contributed by atoms with Crippen molar-refractivity contribution < 1.29 is 13.9 Å². The minimum absolute atomic E-state index is 0.0718. The Balaban J connectivity index is 1.70. The third kappa shape index (κ3) is 4.19. The number of benzene rings is 2. The molecule has 1 aliphatic heterocycles. The Morgan fingerprint density at radius 2 is 2.04 bits per heavy atom. The summed E-state index contributed by atoms with van der Waals surface area (Å²) < 4.78 is 19.7. The maximum atomic E-state index is 13.7. The van der Waals surface area contributed by atoms with Crippen LogP contribution in [0.15, 0.2) is 42.5 Å². The largest absolute Gasteiger partial charge is 0.487 e. The minimum atomic E-state index is -0.343. The van der Waals surface area contributed by atoms with E-state index in [0.29, 0.717) is 18.4 Å². The van der Waals surface area contributed by atoms with Crippen LogP contribution in [0, 0.1) is 12.7 Å². The summed E-state index contributed by atoms with van der Waals surface area (Å²) in [5.41, 5.74) is 2.36. The number of aryl methyl sites for hydroxylation is 2. The Hall–Kier alpha value is -2.36. The van der Waals surface area contributed by atoms with Crippen molar-refractivity contribution in [1.29, 1.82) is 0 Å². The first-order valence-corrected chi connectivity index (χ1v) is 8.66. The van der Waals surface area contributed by atoms with Crippen molar-refractivity contribution >= 4 is 5.91 Å². The number of fused-ring (bicyclic) bond motifs is 1. The first-order valence-electron chi connectivity index (χ1n) is 8.66. The normalized spacial score (nSPS) is 18.2. The lowest BCUT2D eigenvalue weighted by atomic mass is 9.89. The predicted molar refractivity (Wildman–Crippen MR) is 96.1 cm³/mol. The van der Waals surface area contributed by atoms with E-state index in [1.165, 1.54) is 6.07 Å². The van der Waals surface area contributed by atoms with Gasteiger partial charge in [0.2, 0.25) is 5.91 Å². The number of amides is 1. The molecule has 3 nitrogen and oxygen atoms in total. The highest BCUT2D eigenvalue weighted by atomic mass is 19.1. The molecule has 1 aliphatic rings. The molecule has 1 heterocycles. The summed E-state index contributed by atoms with van der Waals surface area (Å²) in [6.45, 7) is 6.07. The SMILES string of the molecule is Cc1ccc2c(c1)OC(C)(C)C[C@H]2NC(=O)CCc1ccccc1F. The summed E-state index contributed by atoms with van der Waals surface area (Å²) in [6.07, 6.45) is 1.36. The fraction of sp³-hybridized carbons (Fsp3) is 0.381. The zero-order chi connectivity index (χ0) is 18.0. The second-order valence-corrected chi connectivity index (χ2v) is 7.32.